The van der Waals surface area contributed by atoms with E-state index in [1.807, 2.05) is 76.2 Å². The molecule has 1 N–H and O–H groups in total. The van der Waals surface area contributed by atoms with E-state index >= 15 is 0 Å². The Morgan fingerprint density at radius 1 is 0.766 bits per heavy atom. The number of alkyl halides is 6. The van der Waals surface area contributed by atoms with Crippen molar-refractivity contribution in [2.45, 2.75) is 76.4 Å². The molecule has 0 radical (unpaired) electrons. The summed E-state index contributed by atoms with van der Waals surface area (Å²) in [6.45, 7) is 8.13. The standard InChI is InChI=1S/C32H32F6N3O.BF4/c1-19(2)24-9-5-7-11-26(24)30(42,27-12-8-6-10-25(27)20(3)4)28-13-14-29-39-41(18-40(28)29)23-16-21(31(33,34)35)15-22(17-23)32(36,37)38;2-1(3,4)5/h5-12,15-20,28,42H,13-14H2,1-4H3;/q+1;-1/t28-;/m0./s1. The Balaban J connectivity index is 0.000000930. The second-order valence-electron chi connectivity index (χ2n) is 11.9. The van der Waals surface area contributed by atoms with Gasteiger partial charge in [0.1, 0.15) is 17.3 Å². The van der Waals surface area contributed by atoms with Crippen molar-refractivity contribution in [2.75, 3.05) is 0 Å². The van der Waals surface area contributed by atoms with Crippen LogP contribution in [0.4, 0.5) is 43.6 Å². The molecule has 4 aromatic rings. The lowest BCUT2D eigenvalue weighted by Gasteiger charge is -2.38. The first-order valence-electron chi connectivity index (χ1n) is 14.7. The molecule has 5 rings (SSSR count). The van der Waals surface area contributed by atoms with E-state index in [1.165, 1.54) is 6.33 Å². The third-order valence-corrected chi connectivity index (χ3v) is 8.04. The molecule has 1 aliphatic rings. The van der Waals surface area contributed by atoms with E-state index in [4.69, 9.17) is 0 Å². The molecule has 0 saturated heterocycles. The largest absolute Gasteiger partial charge is 0.673 e. The molecule has 0 amide bonds. The van der Waals surface area contributed by atoms with E-state index in [9.17, 15) is 48.7 Å². The lowest BCUT2D eigenvalue weighted by Crippen LogP contribution is -2.51. The second-order valence-corrected chi connectivity index (χ2v) is 11.9. The number of aliphatic hydroxyl groups is 1. The fraction of sp³-hybridized carbons (Fsp3) is 0.375. The number of hydrogen-bond acceptors (Lipinski definition) is 2. The lowest BCUT2D eigenvalue weighted by molar-refractivity contribution is -0.731. The smallest absolute Gasteiger partial charge is 0.418 e. The first-order valence-corrected chi connectivity index (χ1v) is 14.7. The Kier molecular flexibility index (Phi) is 9.92. The highest BCUT2D eigenvalue weighted by atomic mass is 19.5. The van der Waals surface area contributed by atoms with Gasteiger partial charge in [0.25, 0.3) is 5.82 Å². The van der Waals surface area contributed by atoms with Gasteiger partial charge >= 0.3 is 19.6 Å². The topological polar surface area (TPSA) is 41.9 Å². The monoisotopic (exact) mass is 675 g/mol. The average Bonchev–Trinajstić information content (AvgIpc) is 3.56. The van der Waals surface area contributed by atoms with Crippen LogP contribution in [0.5, 0.6) is 0 Å². The molecule has 47 heavy (non-hydrogen) atoms. The van der Waals surface area contributed by atoms with Crippen molar-refractivity contribution in [1.29, 1.82) is 0 Å². The summed E-state index contributed by atoms with van der Waals surface area (Å²) in [6.07, 6.45) is -7.73. The normalized spacial score (nSPS) is 15.6. The van der Waals surface area contributed by atoms with E-state index in [0.717, 1.165) is 15.8 Å². The molecule has 1 aromatic heterocycles. The molecule has 0 saturated carbocycles. The fourth-order valence-corrected chi connectivity index (χ4v) is 6.04. The van der Waals surface area contributed by atoms with Gasteiger partial charge in [0, 0.05) is 11.5 Å². The zero-order valence-electron chi connectivity index (χ0n) is 25.7. The number of fused-ring (bicyclic) bond motifs is 1. The van der Waals surface area contributed by atoms with E-state index < -0.39 is 42.4 Å². The maximum Gasteiger partial charge on any atom is 0.673 e. The summed E-state index contributed by atoms with van der Waals surface area (Å²) in [5.74, 6) is 0.588. The van der Waals surface area contributed by atoms with Crippen LogP contribution in [0.25, 0.3) is 5.69 Å². The predicted octanol–water partition coefficient (Wildman–Crippen LogP) is 9.17. The highest BCUT2D eigenvalue weighted by Crippen LogP contribution is 2.46. The molecule has 3 aromatic carbocycles. The Morgan fingerprint density at radius 2 is 1.19 bits per heavy atom. The first-order chi connectivity index (χ1) is 21.6. The molecule has 1 atom stereocenters. The molecule has 2 heterocycles. The summed E-state index contributed by atoms with van der Waals surface area (Å²) in [6, 6.07) is 16.0. The van der Waals surface area contributed by atoms with Crippen LogP contribution in [0.15, 0.2) is 73.1 Å². The quantitative estimate of drug-likeness (QED) is 0.126. The predicted molar refractivity (Wildman–Crippen MR) is 155 cm³/mol. The van der Waals surface area contributed by atoms with Crippen LogP contribution < -0.4 is 4.57 Å². The first kappa shape index (κ1) is 36.0. The van der Waals surface area contributed by atoms with Gasteiger partial charge in [0.2, 0.25) is 6.33 Å². The minimum atomic E-state index is -6.00. The number of aromatic nitrogens is 3. The molecule has 4 nitrogen and oxygen atoms in total. The molecule has 0 fully saturated rings. The van der Waals surface area contributed by atoms with Crippen LogP contribution >= 0.6 is 0 Å². The van der Waals surface area contributed by atoms with Crippen LogP contribution in [0.2, 0.25) is 0 Å². The SMILES string of the molecule is CC(C)c1ccccc1C(O)(c1ccccc1C(C)C)[C@@H]1CCc2nn(-c3cc(C(F)(F)F)cc(C(F)(F)F)c3)c[n+]21.F[B-](F)(F)F. The zero-order chi connectivity index (χ0) is 35.1. The molecule has 0 aliphatic carbocycles. The highest BCUT2D eigenvalue weighted by Gasteiger charge is 2.50. The maximum atomic E-state index is 13.6. The van der Waals surface area contributed by atoms with Gasteiger partial charge in [-0.15, -0.1) is 0 Å². The summed E-state index contributed by atoms with van der Waals surface area (Å²) in [7, 11) is -6.00. The van der Waals surface area contributed by atoms with Crippen molar-refractivity contribution < 1.29 is 53.3 Å². The average molecular weight is 675 g/mol. The molecular weight excluding hydrogens is 643 g/mol. The molecule has 0 spiro atoms. The summed E-state index contributed by atoms with van der Waals surface area (Å²) < 4.78 is 123. The number of hydrogen-bond donors (Lipinski definition) is 1. The van der Waals surface area contributed by atoms with Gasteiger partial charge in [-0.05, 0) is 58.7 Å². The zero-order valence-corrected chi connectivity index (χ0v) is 25.7. The Labute approximate surface area is 264 Å². The second kappa shape index (κ2) is 13.0. The van der Waals surface area contributed by atoms with Crippen LogP contribution in [-0.2, 0) is 24.4 Å². The van der Waals surface area contributed by atoms with Crippen LogP contribution in [0, 0.1) is 0 Å². The van der Waals surface area contributed by atoms with Crippen molar-refractivity contribution in [3.05, 3.63) is 112 Å². The van der Waals surface area contributed by atoms with E-state index in [1.54, 1.807) is 4.57 Å². The van der Waals surface area contributed by atoms with Gasteiger partial charge in [0.05, 0.1) is 11.1 Å². The van der Waals surface area contributed by atoms with Gasteiger partial charge in [-0.2, -0.15) is 26.3 Å². The van der Waals surface area contributed by atoms with Gasteiger partial charge in [0.15, 0.2) is 0 Å². The van der Waals surface area contributed by atoms with Gasteiger partial charge in [-0.25, -0.2) is 4.57 Å². The third kappa shape index (κ3) is 7.82. The van der Waals surface area contributed by atoms with Crippen molar-refractivity contribution in [3.8, 4) is 5.69 Å². The van der Waals surface area contributed by atoms with Gasteiger partial charge in [-0.3, -0.25) is 0 Å². The minimum Gasteiger partial charge on any atom is -0.418 e. The van der Waals surface area contributed by atoms with Crippen molar-refractivity contribution in [1.82, 2.24) is 9.78 Å². The summed E-state index contributed by atoms with van der Waals surface area (Å²) in [5, 5.41) is 17.4. The van der Waals surface area contributed by atoms with Crippen LogP contribution in [-0.4, -0.2) is 22.1 Å². The van der Waals surface area contributed by atoms with E-state index in [2.05, 4.69) is 5.10 Å². The Bertz CT molecular complexity index is 1620. The van der Waals surface area contributed by atoms with E-state index in [-0.39, 0.29) is 23.6 Å². The molecular formula is C32H32BF10N3O. The number of rotatable bonds is 6. The molecule has 15 heteroatoms. The molecule has 0 unspecified atom stereocenters. The Morgan fingerprint density at radius 3 is 1.60 bits per heavy atom. The van der Waals surface area contributed by atoms with Gasteiger partial charge in [-0.1, -0.05) is 80.9 Å². The Hall–Kier alpha value is -3.88. The number of benzene rings is 3. The van der Waals surface area contributed by atoms with Crippen molar-refractivity contribution >= 4 is 7.25 Å². The summed E-state index contributed by atoms with van der Waals surface area (Å²) in [4.78, 5) is 0. The fourth-order valence-electron chi connectivity index (χ4n) is 6.04. The van der Waals surface area contributed by atoms with Crippen molar-refractivity contribution in [3.63, 3.8) is 0 Å². The van der Waals surface area contributed by atoms with Crippen molar-refractivity contribution in [2.24, 2.45) is 0 Å². The maximum absolute atomic E-state index is 13.6. The summed E-state index contributed by atoms with van der Waals surface area (Å²) >= 11 is 0. The number of aryl methyl sites for hydroxylation is 1. The number of nitrogens with zero attached hydrogens (tertiary/aromatic N) is 3. The van der Waals surface area contributed by atoms with E-state index in [0.29, 0.717) is 41.9 Å². The lowest BCUT2D eigenvalue weighted by atomic mass is 9.73. The molecule has 0 bridgehead atoms. The molecule has 254 valence electrons. The summed E-state index contributed by atoms with van der Waals surface area (Å²) in [5.41, 5.74) is -1.51. The van der Waals surface area contributed by atoms with Crippen LogP contribution in [0.1, 0.15) is 91.2 Å². The number of halogens is 10. The molecule has 1 aliphatic heterocycles. The van der Waals surface area contributed by atoms with Crippen LogP contribution in [0.3, 0.4) is 0 Å². The third-order valence-electron chi connectivity index (χ3n) is 8.04. The highest BCUT2D eigenvalue weighted by molar-refractivity contribution is 6.50. The van der Waals surface area contributed by atoms with Gasteiger partial charge < -0.3 is 22.4 Å². The minimum absolute atomic E-state index is 0.0680.